The van der Waals surface area contributed by atoms with Crippen molar-refractivity contribution in [2.45, 2.75) is 45.3 Å². The van der Waals surface area contributed by atoms with Crippen molar-refractivity contribution in [2.24, 2.45) is 5.92 Å². The van der Waals surface area contributed by atoms with E-state index in [2.05, 4.69) is 43.1 Å². The van der Waals surface area contributed by atoms with E-state index in [0.29, 0.717) is 5.92 Å². The molecule has 1 N–H and O–H groups in total. The summed E-state index contributed by atoms with van der Waals surface area (Å²) in [6.07, 6.45) is 1.58. The topological polar surface area (TPSA) is 41.6 Å². The molecule has 1 saturated carbocycles. The van der Waals surface area contributed by atoms with E-state index in [0.717, 1.165) is 32.6 Å². The van der Waals surface area contributed by atoms with Crippen LogP contribution in [-0.4, -0.2) is 49.2 Å². The van der Waals surface area contributed by atoms with Crippen LogP contribution in [0.3, 0.4) is 0 Å². The summed E-state index contributed by atoms with van der Waals surface area (Å²) in [5.41, 5.74) is 0. The number of carbonyl (C=O) groups is 1. The van der Waals surface area contributed by atoms with Crippen LogP contribution < -0.4 is 5.32 Å². The average Bonchev–Trinajstić information content (AvgIpc) is 3.13. The van der Waals surface area contributed by atoms with Crippen LogP contribution in [-0.2, 0) is 9.53 Å². The van der Waals surface area contributed by atoms with Gasteiger partial charge in [-0.3, -0.25) is 9.69 Å². The Morgan fingerprint density at radius 2 is 2.09 bits per heavy atom. The molecule has 1 aromatic rings. The van der Waals surface area contributed by atoms with Gasteiger partial charge in [0.2, 0.25) is 5.91 Å². The van der Waals surface area contributed by atoms with Gasteiger partial charge in [0.1, 0.15) is 0 Å². The van der Waals surface area contributed by atoms with E-state index in [1.165, 1.54) is 9.75 Å². The van der Waals surface area contributed by atoms with Crippen LogP contribution in [0.2, 0.25) is 0 Å². The summed E-state index contributed by atoms with van der Waals surface area (Å²) < 4.78 is 5.73. The molecule has 0 aromatic carbocycles. The fraction of sp³-hybridized carbons (Fsp3) is 0.706. The summed E-state index contributed by atoms with van der Waals surface area (Å²) in [4.78, 5) is 17.3. The maximum atomic E-state index is 12.2. The molecule has 1 aliphatic carbocycles. The molecular weight excluding hydrogens is 296 g/mol. The molecule has 1 saturated heterocycles. The number of morpholine rings is 1. The van der Waals surface area contributed by atoms with Crippen molar-refractivity contribution in [3.8, 4) is 0 Å². The van der Waals surface area contributed by atoms with Gasteiger partial charge in [0.25, 0.3) is 0 Å². The third kappa shape index (κ3) is 3.89. The van der Waals surface area contributed by atoms with Crippen LogP contribution in [0.4, 0.5) is 0 Å². The van der Waals surface area contributed by atoms with Crippen molar-refractivity contribution in [1.82, 2.24) is 10.2 Å². The van der Waals surface area contributed by atoms with Gasteiger partial charge in [-0.2, -0.15) is 0 Å². The van der Waals surface area contributed by atoms with Gasteiger partial charge in [0.05, 0.1) is 12.2 Å². The van der Waals surface area contributed by atoms with Gasteiger partial charge >= 0.3 is 0 Å². The van der Waals surface area contributed by atoms with E-state index in [1.807, 2.05) is 11.3 Å². The van der Waals surface area contributed by atoms with Crippen LogP contribution in [0.5, 0.6) is 0 Å². The number of hydrogen-bond acceptors (Lipinski definition) is 4. The molecule has 2 aliphatic rings. The van der Waals surface area contributed by atoms with E-state index < -0.39 is 0 Å². The lowest BCUT2D eigenvalue weighted by molar-refractivity contribution is -0.122. The molecule has 4 unspecified atom stereocenters. The molecule has 5 heteroatoms. The number of nitrogens with one attached hydrogen (secondary N) is 1. The monoisotopic (exact) mass is 322 g/mol. The number of nitrogens with zero attached hydrogens (tertiary/aromatic N) is 1. The first kappa shape index (κ1) is 16.0. The minimum Gasteiger partial charge on any atom is -0.373 e. The molecule has 4 nitrogen and oxygen atoms in total. The molecule has 122 valence electrons. The van der Waals surface area contributed by atoms with Gasteiger partial charge in [-0.25, -0.2) is 0 Å². The molecule has 2 fully saturated rings. The lowest BCUT2D eigenvalue weighted by atomic mass is 10.2. The van der Waals surface area contributed by atoms with Gasteiger partial charge < -0.3 is 10.1 Å². The summed E-state index contributed by atoms with van der Waals surface area (Å²) in [6.45, 7) is 9.92. The lowest BCUT2D eigenvalue weighted by Gasteiger charge is -2.35. The maximum absolute atomic E-state index is 12.2. The Bertz CT molecular complexity index is 520. The molecule has 0 radical (unpaired) electrons. The van der Waals surface area contributed by atoms with E-state index >= 15 is 0 Å². The van der Waals surface area contributed by atoms with E-state index in [-0.39, 0.29) is 24.0 Å². The second-order valence-electron chi connectivity index (χ2n) is 6.71. The van der Waals surface area contributed by atoms with E-state index in [4.69, 9.17) is 4.74 Å². The Morgan fingerprint density at radius 3 is 2.73 bits per heavy atom. The molecule has 2 heterocycles. The number of ether oxygens (including phenoxy) is 1. The Balaban J connectivity index is 1.38. The van der Waals surface area contributed by atoms with Crippen molar-refractivity contribution in [3.63, 3.8) is 0 Å². The standard InChI is InChI=1S/C17H26N2O2S/c1-11-9-19(10-12(2)21-11)7-6-18-17(20)15-8-14(15)16-5-4-13(3)22-16/h4-5,11-12,14-15H,6-10H2,1-3H3,(H,18,20). The first-order valence-corrected chi connectivity index (χ1v) is 9.06. The SMILES string of the molecule is Cc1ccc(C2CC2C(=O)NCCN2CC(C)OC(C)C2)s1. The van der Waals surface area contributed by atoms with Gasteiger partial charge in [0, 0.05) is 47.8 Å². The Kier molecular flexibility index (Phi) is 4.85. The highest BCUT2D eigenvalue weighted by atomic mass is 32.1. The number of hydrogen-bond donors (Lipinski definition) is 1. The zero-order valence-electron chi connectivity index (χ0n) is 13.7. The molecule has 1 amide bonds. The minimum absolute atomic E-state index is 0.195. The highest BCUT2D eigenvalue weighted by Crippen LogP contribution is 2.49. The number of thiophene rings is 1. The first-order valence-electron chi connectivity index (χ1n) is 8.25. The van der Waals surface area contributed by atoms with Crippen LogP contribution in [0, 0.1) is 12.8 Å². The molecule has 3 rings (SSSR count). The summed E-state index contributed by atoms with van der Waals surface area (Å²) in [7, 11) is 0. The summed E-state index contributed by atoms with van der Waals surface area (Å²) in [5.74, 6) is 0.883. The molecule has 22 heavy (non-hydrogen) atoms. The van der Waals surface area contributed by atoms with Crippen LogP contribution in [0.15, 0.2) is 12.1 Å². The van der Waals surface area contributed by atoms with Crippen molar-refractivity contribution in [1.29, 1.82) is 0 Å². The Labute approximate surface area is 136 Å². The van der Waals surface area contributed by atoms with Gasteiger partial charge in [-0.1, -0.05) is 0 Å². The summed E-state index contributed by atoms with van der Waals surface area (Å²) >= 11 is 1.82. The van der Waals surface area contributed by atoms with Gasteiger partial charge in [0.15, 0.2) is 0 Å². The fourth-order valence-corrected chi connectivity index (χ4v) is 4.44. The second kappa shape index (κ2) is 6.69. The van der Waals surface area contributed by atoms with Crippen molar-refractivity contribution in [2.75, 3.05) is 26.2 Å². The predicted molar refractivity (Wildman–Crippen MR) is 89.4 cm³/mol. The number of amides is 1. The zero-order chi connectivity index (χ0) is 15.7. The molecule has 0 bridgehead atoms. The largest absolute Gasteiger partial charge is 0.373 e. The lowest BCUT2D eigenvalue weighted by Crippen LogP contribution is -2.48. The van der Waals surface area contributed by atoms with Crippen molar-refractivity contribution in [3.05, 3.63) is 21.9 Å². The average molecular weight is 322 g/mol. The van der Waals surface area contributed by atoms with E-state index in [1.54, 1.807) is 0 Å². The zero-order valence-corrected chi connectivity index (χ0v) is 14.5. The maximum Gasteiger partial charge on any atom is 0.223 e. The van der Waals surface area contributed by atoms with Crippen molar-refractivity contribution >= 4 is 17.2 Å². The summed E-state index contributed by atoms with van der Waals surface area (Å²) in [5, 5.41) is 3.11. The summed E-state index contributed by atoms with van der Waals surface area (Å²) in [6, 6.07) is 4.32. The van der Waals surface area contributed by atoms with Crippen LogP contribution >= 0.6 is 11.3 Å². The van der Waals surface area contributed by atoms with Crippen LogP contribution in [0.25, 0.3) is 0 Å². The van der Waals surface area contributed by atoms with Crippen molar-refractivity contribution < 1.29 is 9.53 Å². The first-order chi connectivity index (χ1) is 10.5. The Morgan fingerprint density at radius 1 is 1.36 bits per heavy atom. The third-order valence-corrected chi connectivity index (χ3v) is 5.61. The normalized spacial score (nSPS) is 32.0. The fourth-order valence-electron chi connectivity index (χ4n) is 3.39. The molecule has 1 aromatic heterocycles. The third-order valence-electron chi connectivity index (χ3n) is 4.48. The van der Waals surface area contributed by atoms with Gasteiger partial charge in [-0.05, 0) is 39.3 Å². The smallest absolute Gasteiger partial charge is 0.223 e. The quantitative estimate of drug-likeness (QED) is 0.905. The number of aryl methyl sites for hydroxylation is 1. The van der Waals surface area contributed by atoms with Gasteiger partial charge in [-0.15, -0.1) is 11.3 Å². The highest BCUT2D eigenvalue weighted by Gasteiger charge is 2.44. The number of rotatable bonds is 5. The Hall–Kier alpha value is -0.910. The molecular formula is C17H26N2O2S. The minimum atomic E-state index is 0.195. The molecule has 0 spiro atoms. The molecule has 4 atom stereocenters. The molecule has 1 aliphatic heterocycles. The number of carbonyl (C=O) groups excluding carboxylic acids is 1. The second-order valence-corrected chi connectivity index (χ2v) is 8.02. The van der Waals surface area contributed by atoms with Crippen LogP contribution in [0.1, 0.15) is 35.9 Å². The highest BCUT2D eigenvalue weighted by molar-refractivity contribution is 7.12. The van der Waals surface area contributed by atoms with E-state index in [9.17, 15) is 4.79 Å². The predicted octanol–water partition coefficient (Wildman–Crippen LogP) is 2.39.